The number of thioether (sulfide) groups is 1. The van der Waals surface area contributed by atoms with Crippen LogP contribution in [0, 0.1) is 0 Å². The Labute approximate surface area is 125 Å². The summed E-state index contributed by atoms with van der Waals surface area (Å²) in [7, 11) is 0. The molecule has 0 radical (unpaired) electrons. The highest BCUT2D eigenvalue weighted by Crippen LogP contribution is 2.24. The number of aromatic nitrogens is 2. The fraction of sp³-hybridized carbons (Fsp3) is 0.438. The van der Waals surface area contributed by atoms with E-state index in [-0.39, 0.29) is 6.04 Å². The Morgan fingerprint density at radius 2 is 2.05 bits per heavy atom. The van der Waals surface area contributed by atoms with Crippen LogP contribution in [0.1, 0.15) is 43.6 Å². The van der Waals surface area contributed by atoms with Gasteiger partial charge in [-0.25, -0.2) is 4.98 Å². The van der Waals surface area contributed by atoms with Gasteiger partial charge in [0.05, 0.1) is 24.3 Å². The molecule has 2 atom stereocenters. The summed E-state index contributed by atoms with van der Waals surface area (Å²) in [5.74, 6) is 2.35. The Hall–Kier alpha value is -1.26. The van der Waals surface area contributed by atoms with Crippen LogP contribution < -0.4 is 5.73 Å². The summed E-state index contributed by atoms with van der Waals surface area (Å²) in [6.07, 6.45) is 4.93. The van der Waals surface area contributed by atoms with Crippen molar-refractivity contribution in [1.29, 1.82) is 0 Å². The Kier molecular flexibility index (Phi) is 5.68. The Bertz CT molecular complexity index is 509. The van der Waals surface area contributed by atoms with Gasteiger partial charge < -0.3 is 10.3 Å². The summed E-state index contributed by atoms with van der Waals surface area (Å²) in [5, 5.41) is 0. The lowest BCUT2D eigenvalue weighted by atomic mass is 10.0. The van der Waals surface area contributed by atoms with Crippen molar-refractivity contribution in [1.82, 2.24) is 9.55 Å². The first-order chi connectivity index (χ1) is 9.74. The second-order valence-corrected chi connectivity index (χ2v) is 6.34. The van der Waals surface area contributed by atoms with Gasteiger partial charge in [-0.05, 0) is 30.4 Å². The van der Waals surface area contributed by atoms with E-state index in [0.717, 1.165) is 17.7 Å². The molecule has 0 aliphatic rings. The molecule has 2 aromatic rings. The summed E-state index contributed by atoms with van der Waals surface area (Å²) in [6.45, 7) is 4.43. The minimum absolute atomic E-state index is 0.111. The molecule has 2 rings (SSSR count). The van der Waals surface area contributed by atoms with Gasteiger partial charge in [-0.2, -0.15) is 11.8 Å². The summed E-state index contributed by atoms with van der Waals surface area (Å²) < 4.78 is 2.22. The summed E-state index contributed by atoms with van der Waals surface area (Å²) >= 11 is 1.98. The predicted molar refractivity (Wildman–Crippen MR) is 87.0 cm³/mol. The number of rotatable bonds is 7. The highest BCUT2D eigenvalue weighted by Gasteiger charge is 2.16. The monoisotopic (exact) mass is 289 g/mol. The standard InChI is InChI=1S/C16H23N3S/c1-3-20-10-9-13(2)19-12-18-11-15(19)16(17)14-7-5-4-6-8-14/h4-8,11-13,16H,3,9-10,17H2,1-2H3. The van der Waals surface area contributed by atoms with Crippen LogP contribution in [0.2, 0.25) is 0 Å². The molecule has 0 bridgehead atoms. The van der Waals surface area contributed by atoms with Crippen molar-refractivity contribution < 1.29 is 0 Å². The second-order valence-electron chi connectivity index (χ2n) is 4.95. The van der Waals surface area contributed by atoms with E-state index in [1.165, 1.54) is 11.5 Å². The zero-order valence-corrected chi connectivity index (χ0v) is 13.0. The lowest BCUT2D eigenvalue weighted by Crippen LogP contribution is -2.18. The number of imidazole rings is 1. The van der Waals surface area contributed by atoms with Gasteiger partial charge in [0.1, 0.15) is 0 Å². The van der Waals surface area contributed by atoms with Crippen molar-refractivity contribution in [2.75, 3.05) is 11.5 Å². The van der Waals surface area contributed by atoms with E-state index in [1.54, 1.807) is 0 Å². The minimum Gasteiger partial charge on any atom is -0.330 e. The molecule has 108 valence electrons. The van der Waals surface area contributed by atoms with Gasteiger partial charge in [-0.3, -0.25) is 0 Å². The number of benzene rings is 1. The van der Waals surface area contributed by atoms with E-state index in [9.17, 15) is 0 Å². The van der Waals surface area contributed by atoms with E-state index >= 15 is 0 Å². The maximum Gasteiger partial charge on any atom is 0.0951 e. The molecule has 0 saturated heterocycles. The van der Waals surface area contributed by atoms with Crippen molar-refractivity contribution in [3.63, 3.8) is 0 Å². The van der Waals surface area contributed by atoms with Crippen LogP contribution in [0.15, 0.2) is 42.9 Å². The van der Waals surface area contributed by atoms with E-state index in [1.807, 2.05) is 42.5 Å². The number of nitrogens with zero attached hydrogens (tertiary/aromatic N) is 2. The lowest BCUT2D eigenvalue weighted by Gasteiger charge is -2.20. The first-order valence-electron chi connectivity index (χ1n) is 7.14. The number of hydrogen-bond donors (Lipinski definition) is 1. The fourth-order valence-corrected chi connectivity index (χ4v) is 3.09. The maximum absolute atomic E-state index is 6.39. The van der Waals surface area contributed by atoms with Crippen LogP contribution in [-0.2, 0) is 0 Å². The average molecular weight is 289 g/mol. The molecule has 0 aliphatic carbocycles. The first-order valence-corrected chi connectivity index (χ1v) is 8.29. The van der Waals surface area contributed by atoms with Crippen LogP contribution in [-0.4, -0.2) is 21.1 Å². The van der Waals surface area contributed by atoms with Crippen LogP contribution >= 0.6 is 11.8 Å². The van der Waals surface area contributed by atoms with Crippen molar-refractivity contribution in [2.24, 2.45) is 5.73 Å². The molecule has 2 unspecified atom stereocenters. The van der Waals surface area contributed by atoms with Crippen LogP contribution in [0.4, 0.5) is 0 Å². The number of nitrogens with two attached hydrogens (primary N) is 1. The molecule has 1 aromatic carbocycles. The van der Waals surface area contributed by atoms with E-state index < -0.39 is 0 Å². The van der Waals surface area contributed by atoms with Crippen molar-refractivity contribution in [3.8, 4) is 0 Å². The molecule has 2 N–H and O–H groups in total. The van der Waals surface area contributed by atoms with Crippen LogP contribution in [0.25, 0.3) is 0 Å². The van der Waals surface area contributed by atoms with Gasteiger partial charge in [-0.1, -0.05) is 37.3 Å². The molecule has 0 fully saturated rings. The second kappa shape index (κ2) is 7.50. The normalized spacial score (nSPS) is 14.2. The summed E-state index contributed by atoms with van der Waals surface area (Å²) in [6, 6.07) is 10.5. The third-order valence-corrected chi connectivity index (χ3v) is 4.46. The SMILES string of the molecule is CCSCCC(C)n1cncc1C(N)c1ccccc1. The van der Waals surface area contributed by atoms with Gasteiger partial charge in [0.25, 0.3) is 0 Å². The third kappa shape index (κ3) is 3.64. The molecule has 0 saturated carbocycles. The first kappa shape index (κ1) is 15.1. The smallest absolute Gasteiger partial charge is 0.0951 e. The Balaban J connectivity index is 2.12. The van der Waals surface area contributed by atoms with E-state index in [2.05, 4.69) is 35.5 Å². The van der Waals surface area contributed by atoms with E-state index in [4.69, 9.17) is 5.73 Å². The molecule has 0 spiro atoms. The highest BCUT2D eigenvalue weighted by atomic mass is 32.2. The van der Waals surface area contributed by atoms with Crippen molar-refractivity contribution in [2.45, 2.75) is 32.4 Å². The van der Waals surface area contributed by atoms with E-state index in [0.29, 0.717) is 6.04 Å². The molecule has 3 nitrogen and oxygen atoms in total. The predicted octanol–water partition coefficient (Wildman–Crippen LogP) is 3.64. The lowest BCUT2D eigenvalue weighted by molar-refractivity contribution is 0.507. The number of hydrogen-bond acceptors (Lipinski definition) is 3. The molecular formula is C16H23N3S. The van der Waals surface area contributed by atoms with Crippen LogP contribution in [0.3, 0.4) is 0 Å². The summed E-state index contributed by atoms with van der Waals surface area (Å²) in [4.78, 5) is 4.29. The fourth-order valence-electron chi connectivity index (χ4n) is 2.29. The zero-order valence-electron chi connectivity index (χ0n) is 12.2. The van der Waals surface area contributed by atoms with Gasteiger partial charge in [0.2, 0.25) is 0 Å². The molecule has 0 amide bonds. The summed E-state index contributed by atoms with van der Waals surface area (Å²) in [5.41, 5.74) is 8.61. The van der Waals surface area contributed by atoms with Gasteiger partial charge >= 0.3 is 0 Å². The highest BCUT2D eigenvalue weighted by molar-refractivity contribution is 7.99. The quantitative estimate of drug-likeness (QED) is 0.791. The van der Waals surface area contributed by atoms with Gasteiger partial charge in [0, 0.05) is 6.04 Å². The minimum atomic E-state index is -0.111. The van der Waals surface area contributed by atoms with Crippen LogP contribution in [0.5, 0.6) is 0 Å². The van der Waals surface area contributed by atoms with Crippen molar-refractivity contribution in [3.05, 3.63) is 54.1 Å². The zero-order chi connectivity index (χ0) is 14.4. The molecule has 20 heavy (non-hydrogen) atoms. The maximum atomic E-state index is 6.39. The molecule has 1 heterocycles. The topological polar surface area (TPSA) is 43.8 Å². The largest absolute Gasteiger partial charge is 0.330 e. The van der Waals surface area contributed by atoms with Gasteiger partial charge in [-0.15, -0.1) is 0 Å². The van der Waals surface area contributed by atoms with Crippen molar-refractivity contribution >= 4 is 11.8 Å². The molecular weight excluding hydrogens is 266 g/mol. The molecule has 4 heteroatoms. The molecule has 1 aromatic heterocycles. The average Bonchev–Trinajstić information content (AvgIpc) is 2.97. The Morgan fingerprint density at radius 3 is 2.75 bits per heavy atom. The Morgan fingerprint density at radius 1 is 1.30 bits per heavy atom. The third-order valence-electron chi connectivity index (χ3n) is 3.53. The van der Waals surface area contributed by atoms with Gasteiger partial charge in [0.15, 0.2) is 0 Å². The molecule has 0 aliphatic heterocycles.